The Kier molecular flexibility index (Phi) is 5.24. The number of hydrogen-bond donors (Lipinski definition) is 2. The molecule has 1 aliphatic rings. The van der Waals surface area contributed by atoms with Crippen LogP contribution in [0.2, 0.25) is 0 Å². The maximum Gasteiger partial charge on any atom is 0.416 e. The Morgan fingerprint density at radius 2 is 1.88 bits per heavy atom. The molecular weight excluding hydrogens is 325 g/mol. The van der Waals surface area contributed by atoms with E-state index in [2.05, 4.69) is 5.32 Å². The Morgan fingerprint density at radius 3 is 2.33 bits per heavy atom. The van der Waals surface area contributed by atoms with Gasteiger partial charge in [0.05, 0.1) is 17.7 Å². The van der Waals surface area contributed by atoms with Crippen molar-refractivity contribution < 1.29 is 27.9 Å². The molecule has 5 nitrogen and oxygen atoms in total. The van der Waals surface area contributed by atoms with E-state index >= 15 is 0 Å². The number of rotatable bonds is 6. The quantitative estimate of drug-likeness (QED) is 0.779. The lowest BCUT2D eigenvalue weighted by atomic mass is 9.98. The van der Waals surface area contributed by atoms with Crippen molar-refractivity contribution >= 4 is 17.4 Å². The number of anilines is 1. The number of Topliss-reactive ketones (excluding diaryl/α,β-unsaturated/α-hetero) is 1. The number of nitrogens with zero attached hydrogens (tertiary/aromatic N) is 1. The van der Waals surface area contributed by atoms with Crippen LogP contribution in [0.3, 0.4) is 0 Å². The Labute approximate surface area is 136 Å². The van der Waals surface area contributed by atoms with Gasteiger partial charge in [-0.1, -0.05) is 0 Å². The fourth-order valence-corrected chi connectivity index (χ4v) is 2.21. The van der Waals surface area contributed by atoms with Gasteiger partial charge in [0.25, 0.3) is 0 Å². The molecule has 1 aromatic carbocycles. The van der Waals surface area contributed by atoms with Gasteiger partial charge >= 0.3 is 6.18 Å². The highest BCUT2D eigenvalue weighted by Crippen LogP contribution is 2.34. The number of halogens is 3. The van der Waals surface area contributed by atoms with Gasteiger partial charge in [-0.15, -0.1) is 0 Å². The van der Waals surface area contributed by atoms with Gasteiger partial charge in [0.1, 0.15) is 0 Å². The average Bonchev–Trinajstić information content (AvgIpc) is 3.32. The third-order valence-corrected chi connectivity index (χ3v) is 3.77. The largest absolute Gasteiger partial charge is 0.416 e. The van der Waals surface area contributed by atoms with E-state index in [0.29, 0.717) is 0 Å². The number of ketones is 1. The second-order valence-electron chi connectivity index (χ2n) is 5.70. The number of nitriles is 1. The van der Waals surface area contributed by atoms with E-state index in [4.69, 9.17) is 5.26 Å². The van der Waals surface area contributed by atoms with Crippen molar-refractivity contribution in [1.82, 2.24) is 0 Å². The molecule has 0 radical (unpaired) electrons. The molecule has 2 atom stereocenters. The number of aliphatic hydroxyl groups is 1. The van der Waals surface area contributed by atoms with Crippen LogP contribution in [0.1, 0.15) is 24.8 Å². The highest BCUT2D eigenvalue weighted by atomic mass is 19.4. The van der Waals surface area contributed by atoms with E-state index < -0.39 is 35.5 Å². The summed E-state index contributed by atoms with van der Waals surface area (Å²) in [4.78, 5) is 23.9. The molecule has 128 valence electrons. The second-order valence-corrected chi connectivity index (χ2v) is 5.70. The van der Waals surface area contributed by atoms with Crippen LogP contribution in [0.5, 0.6) is 0 Å². The average molecular weight is 340 g/mol. The SMILES string of the molecule is N#CC(C(=O)CC(O)C1CC1)C(=O)Nc1ccc(C(F)(F)F)cc1. The summed E-state index contributed by atoms with van der Waals surface area (Å²) < 4.78 is 37.4. The third kappa shape index (κ3) is 4.55. The first-order chi connectivity index (χ1) is 11.2. The summed E-state index contributed by atoms with van der Waals surface area (Å²) in [5.41, 5.74) is -0.829. The summed E-state index contributed by atoms with van der Waals surface area (Å²) in [6.07, 6.45) is -4.03. The number of benzene rings is 1. The molecule has 24 heavy (non-hydrogen) atoms. The molecule has 0 spiro atoms. The van der Waals surface area contributed by atoms with Gasteiger partial charge in [0, 0.05) is 12.1 Å². The van der Waals surface area contributed by atoms with Crippen LogP contribution in [0.25, 0.3) is 0 Å². The maximum atomic E-state index is 12.5. The molecule has 1 saturated carbocycles. The van der Waals surface area contributed by atoms with Crippen LogP contribution >= 0.6 is 0 Å². The van der Waals surface area contributed by atoms with Gasteiger partial charge in [-0.05, 0) is 43.0 Å². The second kappa shape index (κ2) is 7.01. The fourth-order valence-electron chi connectivity index (χ4n) is 2.21. The Hall–Kier alpha value is -2.40. The van der Waals surface area contributed by atoms with Crippen LogP contribution in [0, 0.1) is 23.2 Å². The van der Waals surface area contributed by atoms with Gasteiger partial charge in [-0.25, -0.2) is 0 Å². The molecule has 1 fully saturated rings. The van der Waals surface area contributed by atoms with Crippen molar-refractivity contribution in [2.75, 3.05) is 5.32 Å². The minimum atomic E-state index is -4.49. The van der Waals surface area contributed by atoms with Crippen LogP contribution < -0.4 is 5.32 Å². The van der Waals surface area contributed by atoms with Crippen molar-refractivity contribution in [2.45, 2.75) is 31.5 Å². The molecular formula is C16H15F3N2O3. The van der Waals surface area contributed by atoms with E-state index in [1.807, 2.05) is 0 Å². The number of nitrogens with one attached hydrogen (secondary N) is 1. The summed E-state index contributed by atoms with van der Waals surface area (Å²) in [6.45, 7) is 0. The number of alkyl halides is 3. The fraction of sp³-hybridized carbons (Fsp3) is 0.438. The monoisotopic (exact) mass is 340 g/mol. The highest BCUT2D eigenvalue weighted by Gasteiger charge is 2.35. The highest BCUT2D eigenvalue weighted by molar-refractivity contribution is 6.09. The first kappa shape index (κ1) is 17.9. The minimum absolute atomic E-state index is 0.0336. The molecule has 0 aliphatic heterocycles. The van der Waals surface area contributed by atoms with E-state index in [1.54, 1.807) is 6.07 Å². The molecule has 0 heterocycles. The number of carbonyl (C=O) groups is 2. The molecule has 2 N–H and O–H groups in total. The predicted molar refractivity (Wildman–Crippen MR) is 77.5 cm³/mol. The lowest BCUT2D eigenvalue weighted by molar-refractivity contribution is -0.137. The Bertz CT molecular complexity index is 661. The summed E-state index contributed by atoms with van der Waals surface area (Å²) in [5, 5.41) is 21.0. The number of carbonyl (C=O) groups excluding carboxylic acids is 2. The zero-order valence-corrected chi connectivity index (χ0v) is 12.5. The molecule has 1 amide bonds. The van der Waals surface area contributed by atoms with Crippen molar-refractivity contribution in [3.8, 4) is 6.07 Å². The zero-order chi connectivity index (χ0) is 17.9. The van der Waals surface area contributed by atoms with Gasteiger partial charge < -0.3 is 10.4 Å². The molecule has 1 aromatic rings. The molecule has 2 rings (SSSR count). The van der Waals surface area contributed by atoms with Gasteiger partial charge in [-0.3, -0.25) is 9.59 Å². The van der Waals surface area contributed by atoms with Crippen molar-refractivity contribution in [1.29, 1.82) is 5.26 Å². The Morgan fingerprint density at radius 1 is 1.29 bits per heavy atom. The van der Waals surface area contributed by atoms with Crippen LogP contribution in [0.15, 0.2) is 24.3 Å². The summed E-state index contributed by atoms with van der Waals surface area (Å²) in [7, 11) is 0. The van der Waals surface area contributed by atoms with E-state index in [9.17, 15) is 27.9 Å². The topological polar surface area (TPSA) is 90.2 Å². The van der Waals surface area contributed by atoms with E-state index in [-0.39, 0.29) is 18.0 Å². The van der Waals surface area contributed by atoms with Crippen LogP contribution in [-0.4, -0.2) is 22.9 Å². The summed E-state index contributed by atoms with van der Waals surface area (Å²) in [6, 6.07) is 5.22. The summed E-state index contributed by atoms with van der Waals surface area (Å²) in [5.74, 6) is -3.21. The predicted octanol–water partition coefficient (Wildman–Crippen LogP) is 2.51. The van der Waals surface area contributed by atoms with Gasteiger partial charge in [0.2, 0.25) is 5.91 Å². The minimum Gasteiger partial charge on any atom is -0.392 e. The van der Waals surface area contributed by atoms with Crippen molar-refractivity contribution in [3.05, 3.63) is 29.8 Å². The number of amides is 1. The number of aliphatic hydroxyl groups excluding tert-OH is 1. The lowest BCUT2D eigenvalue weighted by Crippen LogP contribution is -2.31. The van der Waals surface area contributed by atoms with Crippen LogP contribution in [0.4, 0.5) is 18.9 Å². The first-order valence-corrected chi connectivity index (χ1v) is 7.31. The number of hydrogen-bond acceptors (Lipinski definition) is 4. The molecule has 0 bridgehead atoms. The van der Waals surface area contributed by atoms with E-state index in [0.717, 1.165) is 37.1 Å². The maximum absolute atomic E-state index is 12.5. The molecule has 8 heteroatoms. The first-order valence-electron chi connectivity index (χ1n) is 7.31. The zero-order valence-electron chi connectivity index (χ0n) is 12.5. The Balaban J connectivity index is 1.98. The van der Waals surface area contributed by atoms with Crippen molar-refractivity contribution in [3.63, 3.8) is 0 Å². The van der Waals surface area contributed by atoms with Crippen molar-refractivity contribution in [2.24, 2.45) is 11.8 Å². The smallest absolute Gasteiger partial charge is 0.392 e. The van der Waals surface area contributed by atoms with Gasteiger partial charge in [0.15, 0.2) is 11.7 Å². The standard InChI is InChI=1S/C16H15F3N2O3/c17-16(18,19)10-3-5-11(6-4-10)21-15(24)12(8-20)14(23)7-13(22)9-1-2-9/h3-6,9,12-13,22H,1-2,7H2,(H,21,24). The van der Waals surface area contributed by atoms with Gasteiger partial charge in [-0.2, -0.15) is 18.4 Å². The van der Waals surface area contributed by atoms with E-state index in [1.165, 1.54) is 0 Å². The van der Waals surface area contributed by atoms with Crippen LogP contribution in [-0.2, 0) is 15.8 Å². The third-order valence-electron chi connectivity index (χ3n) is 3.77. The normalized spacial score (nSPS) is 16.8. The lowest BCUT2D eigenvalue weighted by Gasteiger charge is -2.13. The molecule has 0 saturated heterocycles. The molecule has 1 aliphatic carbocycles. The summed E-state index contributed by atoms with van der Waals surface area (Å²) >= 11 is 0. The molecule has 0 aromatic heterocycles. The molecule has 2 unspecified atom stereocenters.